The van der Waals surface area contributed by atoms with Crippen LogP contribution in [0.5, 0.6) is 11.5 Å². The SMILES string of the molecule is CCC(=O)OCCCCOc1ccc(C(=O)Oc2ccc(NC(C)=O)cc2)cc1. The Balaban J connectivity index is 1.75. The molecule has 0 fully saturated rings. The second kappa shape index (κ2) is 11.5. The number of amides is 1. The Bertz CT molecular complexity index is 814. The van der Waals surface area contributed by atoms with Gasteiger partial charge < -0.3 is 19.5 Å². The highest BCUT2D eigenvalue weighted by atomic mass is 16.5. The third-order valence-corrected chi connectivity index (χ3v) is 3.83. The molecule has 0 atom stereocenters. The number of nitrogens with one attached hydrogen (secondary N) is 1. The van der Waals surface area contributed by atoms with E-state index < -0.39 is 5.97 Å². The summed E-state index contributed by atoms with van der Waals surface area (Å²) in [6.45, 7) is 4.07. The predicted octanol–water partition coefficient (Wildman–Crippen LogP) is 3.98. The molecule has 0 heterocycles. The molecule has 0 unspecified atom stereocenters. The lowest BCUT2D eigenvalue weighted by atomic mass is 10.2. The fourth-order valence-corrected chi connectivity index (χ4v) is 2.34. The van der Waals surface area contributed by atoms with Gasteiger partial charge in [-0.05, 0) is 61.4 Å². The summed E-state index contributed by atoms with van der Waals surface area (Å²) in [5.41, 5.74) is 1.03. The number of hydrogen-bond donors (Lipinski definition) is 1. The lowest BCUT2D eigenvalue weighted by Gasteiger charge is -2.08. The summed E-state index contributed by atoms with van der Waals surface area (Å²) in [6.07, 6.45) is 1.87. The molecular weight excluding hydrogens is 374 g/mol. The Morgan fingerprint density at radius 2 is 1.48 bits per heavy atom. The Hall–Kier alpha value is -3.35. The van der Waals surface area contributed by atoms with Crippen molar-refractivity contribution in [1.82, 2.24) is 0 Å². The summed E-state index contributed by atoms with van der Waals surface area (Å²) >= 11 is 0. The van der Waals surface area contributed by atoms with Crippen LogP contribution in [0.25, 0.3) is 0 Å². The summed E-state index contributed by atoms with van der Waals surface area (Å²) in [5.74, 6) is 0.176. The van der Waals surface area contributed by atoms with Crippen LogP contribution in [-0.4, -0.2) is 31.1 Å². The standard InChI is InChI=1S/C22H25NO6/c1-3-21(25)28-15-5-4-14-27-19-10-6-17(7-11-19)22(26)29-20-12-8-18(9-13-20)23-16(2)24/h6-13H,3-5,14-15H2,1-2H3,(H,23,24). The fraction of sp³-hybridized carbons (Fsp3) is 0.318. The van der Waals surface area contributed by atoms with Crippen molar-refractivity contribution in [2.24, 2.45) is 0 Å². The van der Waals surface area contributed by atoms with Gasteiger partial charge in [-0.1, -0.05) is 6.92 Å². The van der Waals surface area contributed by atoms with E-state index in [4.69, 9.17) is 14.2 Å². The zero-order valence-corrected chi connectivity index (χ0v) is 16.6. The first kappa shape index (κ1) is 21.9. The van der Waals surface area contributed by atoms with Crippen molar-refractivity contribution in [3.63, 3.8) is 0 Å². The maximum Gasteiger partial charge on any atom is 0.343 e. The van der Waals surface area contributed by atoms with Crippen molar-refractivity contribution < 1.29 is 28.6 Å². The number of rotatable bonds is 10. The number of ether oxygens (including phenoxy) is 3. The monoisotopic (exact) mass is 399 g/mol. The van der Waals surface area contributed by atoms with E-state index in [1.807, 2.05) is 0 Å². The zero-order chi connectivity index (χ0) is 21.1. The van der Waals surface area contributed by atoms with Crippen LogP contribution in [0.15, 0.2) is 48.5 Å². The first-order valence-electron chi connectivity index (χ1n) is 9.46. The highest BCUT2D eigenvalue weighted by Gasteiger charge is 2.09. The Morgan fingerprint density at radius 3 is 2.10 bits per heavy atom. The van der Waals surface area contributed by atoms with E-state index in [1.165, 1.54) is 6.92 Å². The summed E-state index contributed by atoms with van der Waals surface area (Å²) in [6, 6.07) is 13.2. The maximum absolute atomic E-state index is 12.2. The van der Waals surface area contributed by atoms with Gasteiger partial charge in [-0.2, -0.15) is 0 Å². The van der Waals surface area contributed by atoms with Gasteiger partial charge in [0.15, 0.2) is 0 Å². The molecule has 1 amide bonds. The van der Waals surface area contributed by atoms with Gasteiger partial charge in [0, 0.05) is 19.0 Å². The second-order valence-corrected chi connectivity index (χ2v) is 6.25. The van der Waals surface area contributed by atoms with Crippen molar-refractivity contribution in [3.05, 3.63) is 54.1 Å². The van der Waals surface area contributed by atoms with Gasteiger partial charge in [0.05, 0.1) is 18.8 Å². The quantitative estimate of drug-likeness (QED) is 0.369. The van der Waals surface area contributed by atoms with Gasteiger partial charge in [0.1, 0.15) is 11.5 Å². The van der Waals surface area contributed by atoms with E-state index in [1.54, 1.807) is 55.5 Å². The van der Waals surface area contributed by atoms with E-state index in [9.17, 15) is 14.4 Å². The van der Waals surface area contributed by atoms with Crippen LogP contribution in [0.1, 0.15) is 43.5 Å². The minimum absolute atomic E-state index is 0.169. The molecule has 7 nitrogen and oxygen atoms in total. The van der Waals surface area contributed by atoms with Crippen LogP contribution in [0.3, 0.4) is 0 Å². The fourth-order valence-electron chi connectivity index (χ4n) is 2.34. The van der Waals surface area contributed by atoms with Crippen molar-refractivity contribution in [3.8, 4) is 11.5 Å². The van der Waals surface area contributed by atoms with E-state index in [0.29, 0.717) is 42.4 Å². The smallest absolute Gasteiger partial charge is 0.343 e. The molecule has 154 valence electrons. The molecule has 0 aromatic heterocycles. The molecule has 0 bridgehead atoms. The average molecular weight is 399 g/mol. The molecule has 0 radical (unpaired) electrons. The number of hydrogen-bond acceptors (Lipinski definition) is 6. The molecule has 2 rings (SSSR count). The minimum atomic E-state index is -0.485. The minimum Gasteiger partial charge on any atom is -0.494 e. The average Bonchev–Trinajstić information content (AvgIpc) is 2.71. The van der Waals surface area contributed by atoms with Gasteiger partial charge in [0.25, 0.3) is 0 Å². The predicted molar refractivity (Wildman–Crippen MR) is 108 cm³/mol. The lowest BCUT2D eigenvalue weighted by molar-refractivity contribution is -0.143. The summed E-state index contributed by atoms with van der Waals surface area (Å²) in [7, 11) is 0. The molecule has 2 aromatic carbocycles. The van der Waals surface area contributed by atoms with Crippen LogP contribution in [0.2, 0.25) is 0 Å². The first-order chi connectivity index (χ1) is 14.0. The highest BCUT2D eigenvalue weighted by Crippen LogP contribution is 2.18. The van der Waals surface area contributed by atoms with Gasteiger partial charge in [-0.3, -0.25) is 9.59 Å². The Kier molecular flexibility index (Phi) is 8.69. The lowest BCUT2D eigenvalue weighted by Crippen LogP contribution is -2.09. The van der Waals surface area contributed by atoms with Crippen LogP contribution < -0.4 is 14.8 Å². The van der Waals surface area contributed by atoms with Crippen molar-refractivity contribution in [2.75, 3.05) is 18.5 Å². The first-order valence-corrected chi connectivity index (χ1v) is 9.46. The summed E-state index contributed by atoms with van der Waals surface area (Å²) < 4.78 is 15.9. The van der Waals surface area contributed by atoms with Gasteiger partial charge in [0.2, 0.25) is 5.91 Å². The van der Waals surface area contributed by atoms with Crippen LogP contribution in [-0.2, 0) is 14.3 Å². The second-order valence-electron chi connectivity index (χ2n) is 6.25. The molecule has 1 N–H and O–H groups in total. The van der Waals surface area contributed by atoms with E-state index in [0.717, 1.165) is 12.8 Å². The van der Waals surface area contributed by atoms with Gasteiger partial charge in [-0.15, -0.1) is 0 Å². The largest absolute Gasteiger partial charge is 0.494 e. The number of carbonyl (C=O) groups is 3. The molecule has 7 heteroatoms. The van der Waals surface area contributed by atoms with Crippen molar-refractivity contribution in [2.45, 2.75) is 33.1 Å². The topological polar surface area (TPSA) is 90.9 Å². The maximum atomic E-state index is 12.2. The number of esters is 2. The molecule has 0 saturated carbocycles. The molecule has 2 aromatic rings. The molecular formula is C22H25NO6. The van der Waals surface area contributed by atoms with Crippen LogP contribution >= 0.6 is 0 Å². The molecule has 29 heavy (non-hydrogen) atoms. The van der Waals surface area contributed by atoms with Crippen molar-refractivity contribution >= 4 is 23.5 Å². The van der Waals surface area contributed by atoms with Gasteiger partial charge in [-0.25, -0.2) is 4.79 Å². The highest BCUT2D eigenvalue weighted by molar-refractivity contribution is 5.91. The molecule has 0 aliphatic rings. The van der Waals surface area contributed by atoms with Crippen LogP contribution in [0.4, 0.5) is 5.69 Å². The zero-order valence-electron chi connectivity index (χ0n) is 16.6. The Labute approximate surface area is 170 Å². The molecule has 0 aliphatic carbocycles. The third kappa shape index (κ3) is 8.04. The summed E-state index contributed by atoms with van der Waals surface area (Å²) in [5, 5.41) is 2.64. The van der Waals surface area contributed by atoms with E-state index >= 15 is 0 Å². The third-order valence-electron chi connectivity index (χ3n) is 3.83. The Morgan fingerprint density at radius 1 is 0.862 bits per heavy atom. The molecule has 0 spiro atoms. The normalized spacial score (nSPS) is 10.1. The number of anilines is 1. The van der Waals surface area contributed by atoms with E-state index in [2.05, 4.69) is 5.32 Å². The van der Waals surface area contributed by atoms with Gasteiger partial charge >= 0.3 is 11.9 Å². The number of carbonyl (C=O) groups excluding carboxylic acids is 3. The van der Waals surface area contributed by atoms with Crippen LogP contribution in [0, 0.1) is 0 Å². The number of unbranched alkanes of at least 4 members (excludes halogenated alkanes) is 1. The molecule has 0 aliphatic heterocycles. The van der Waals surface area contributed by atoms with E-state index in [-0.39, 0.29) is 11.9 Å². The number of benzene rings is 2. The van der Waals surface area contributed by atoms with Crippen molar-refractivity contribution in [1.29, 1.82) is 0 Å². The molecule has 0 saturated heterocycles. The summed E-state index contributed by atoms with van der Waals surface area (Å²) in [4.78, 5) is 34.3.